The van der Waals surface area contributed by atoms with E-state index in [0.717, 1.165) is 18.0 Å². The molecule has 1 aromatic heterocycles. The van der Waals surface area contributed by atoms with Gasteiger partial charge in [0.05, 0.1) is 11.5 Å². The van der Waals surface area contributed by atoms with Crippen LogP contribution in [0, 0.1) is 11.8 Å². The number of nitrogens with zero attached hydrogens (tertiary/aromatic N) is 3. The van der Waals surface area contributed by atoms with Crippen molar-refractivity contribution in [2.75, 3.05) is 25.0 Å². The second kappa shape index (κ2) is 9.19. The predicted octanol–water partition coefficient (Wildman–Crippen LogP) is 2.63. The lowest BCUT2D eigenvalue weighted by Crippen LogP contribution is -2.42. The molecule has 30 heavy (non-hydrogen) atoms. The molecule has 11 heteroatoms. The highest BCUT2D eigenvalue weighted by Crippen LogP contribution is 2.27. The summed E-state index contributed by atoms with van der Waals surface area (Å²) in [7, 11) is -3.62. The Balaban J connectivity index is 1.74. The van der Waals surface area contributed by atoms with Crippen LogP contribution in [-0.4, -0.2) is 53.9 Å². The van der Waals surface area contributed by atoms with E-state index in [1.54, 1.807) is 6.92 Å². The Kier molecular flexibility index (Phi) is 6.84. The number of rotatable bonds is 6. The molecular formula is C19H24N4O5S2. The summed E-state index contributed by atoms with van der Waals surface area (Å²) in [6.07, 6.45) is 1.01. The van der Waals surface area contributed by atoms with E-state index in [1.165, 1.54) is 28.6 Å². The van der Waals surface area contributed by atoms with Crippen molar-refractivity contribution in [3.8, 4) is 0 Å². The number of hydrogen-bond donors (Lipinski definition) is 1. The van der Waals surface area contributed by atoms with E-state index in [1.807, 2.05) is 13.8 Å². The van der Waals surface area contributed by atoms with E-state index in [0.29, 0.717) is 24.9 Å². The standard InChI is InChI=1S/C19H24N4O5S2/c1-4-28-19(25)16-18(29-22-21-16)20-17(24)14-5-7-15(8-6-14)30(26,27)23-10-12(2)9-13(3)11-23/h5-8,12-13H,4,9-11H2,1-3H3,(H,20,24). The van der Waals surface area contributed by atoms with Crippen LogP contribution in [0.4, 0.5) is 5.00 Å². The number of benzene rings is 1. The maximum Gasteiger partial charge on any atom is 0.362 e. The monoisotopic (exact) mass is 452 g/mol. The summed E-state index contributed by atoms with van der Waals surface area (Å²) in [6.45, 7) is 6.91. The molecule has 1 N–H and O–H groups in total. The van der Waals surface area contributed by atoms with Gasteiger partial charge in [-0.3, -0.25) is 4.79 Å². The van der Waals surface area contributed by atoms with Crippen molar-refractivity contribution in [2.45, 2.75) is 32.1 Å². The number of carbonyl (C=O) groups is 2. The lowest BCUT2D eigenvalue weighted by Gasteiger charge is -2.34. The number of nitrogens with one attached hydrogen (secondary N) is 1. The Morgan fingerprint density at radius 3 is 2.43 bits per heavy atom. The van der Waals surface area contributed by atoms with Gasteiger partial charge in [0.15, 0.2) is 5.00 Å². The number of anilines is 1. The molecular weight excluding hydrogens is 428 g/mol. The third-order valence-corrected chi connectivity index (χ3v) is 7.26. The van der Waals surface area contributed by atoms with Crippen LogP contribution in [-0.2, 0) is 14.8 Å². The molecule has 3 rings (SSSR count). The summed E-state index contributed by atoms with van der Waals surface area (Å²) >= 11 is 0.857. The van der Waals surface area contributed by atoms with Crippen LogP contribution in [0.5, 0.6) is 0 Å². The minimum atomic E-state index is -3.62. The Bertz CT molecular complexity index is 1010. The van der Waals surface area contributed by atoms with Crippen LogP contribution in [0.1, 0.15) is 48.0 Å². The smallest absolute Gasteiger partial charge is 0.362 e. The van der Waals surface area contributed by atoms with Crippen LogP contribution >= 0.6 is 11.5 Å². The molecule has 1 aromatic carbocycles. The SMILES string of the molecule is CCOC(=O)c1nnsc1NC(=O)c1ccc(S(=O)(=O)N2CC(C)CC(C)C2)cc1. The van der Waals surface area contributed by atoms with Crippen LogP contribution in [0.15, 0.2) is 29.2 Å². The van der Waals surface area contributed by atoms with E-state index in [4.69, 9.17) is 4.74 Å². The molecule has 162 valence electrons. The molecule has 9 nitrogen and oxygen atoms in total. The molecule has 2 unspecified atom stereocenters. The van der Waals surface area contributed by atoms with Crippen LogP contribution in [0.3, 0.4) is 0 Å². The van der Waals surface area contributed by atoms with Gasteiger partial charge in [-0.15, -0.1) is 5.10 Å². The zero-order valence-electron chi connectivity index (χ0n) is 17.0. The number of carbonyl (C=O) groups excluding carboxylic acids is 2. The van der Waals surface area contributed by atoms with Gasteiger partial charge >= 0.3 is 5.97 Å². The maximum atomic E-state index is 13.0. The van der Waals surface area contributed by atoms with Gasteiger partial charge in [-0.2, -0.15) is 4.31 Å². The average Bonchev–Trinajstić information content (AvgIpc) is 3.15. The second-order valence-electron chi connectivity index (χ2n) is 7.42. The van der Waals surface area contributed by atoms with E-state index < -0.39 is 21.9 Å². The zero-order chi connectivity index (χ0) is 21.9. The molecule has 1 amide bonds. The number of ether oxygens (including phenoxy) is 1. The van der Waals surface area contributed by atoms with Crippen LogP contribution < -0.4 is 5.32 Å². The number of aromatic nitrogens is 2. The molecule has 2 heterocycles. The van der Waals surface area contributed by atoms with Gasteiger partial charge in [0.25, 0.3) is 5.91 Å². The fourth-order valence-electron chi connectivity index (χ4n) is 3.51. The minimum Gasteiger partial charge on any atom is -0.461 e. The highest BCUT2D eigenvalue weighted by Gasteiger charge is 2.31. The molecule has 1 aliphatic rings. The highest BCUT2D eigenvalue weighted by atomic mass is 32.2. The third kappa shape index (κ3) is 4.85. The van der Waals surface area contributed by atoms with Crippen LogP contribution in [0.2, 0.25) is 0 Å². The Morgan fingerprint density at radius 1 is 1.20 bits per heavy atom. The third-order valence-electron chi connectivity index (χ3n) is 4.77. The van der Waals surface area contributed by atoms with Crippen molar-refractivity contribution in [2.24, 2.45) is 11.8 Å². The van der Waals surface area contributed by atoms with E-state index in [2.05, 4.69) is 14.9 Å². The molecule has 0 spiro atoms. The van der Waals surface area contributed by atoms with Crippen molar-refractivity contribution in [1.82, 2.24) is 13.9 Å². The van der Waals surface area contributed by atoms with Gasteiger partial charge in [0.2, 0.25) is 15.7 Å². The fourth-order valence-corrected chi connectivity index (χ4v) is 5.74. The van der Waals surface area contributed by atoms with Crippen molar-refractivity contribution < 1.29 is 22.7 Å². The van der Waals surface area contributed by atoms with Gasteiger partial charge < -0.3 is 10.1 Å². The number of hydrogen-bond acceptors (Lipinski definition) is 8. The molecule has 1 saturated heterocycles. The summed E-state index contributed by atoms with van der Waals surface area (Å²) in [4.78, 5) is 24.5. The molecule has 2 aromatic rings. The van der Waals surface area contributed by atoms with E-state index >= 15 is 0 Å². The number of sulfonamides is 1. The molecule has 0 bridgehead atoms. The maximum absolute atomic E-state index is 13.0. The summed E-state index contributed by atoms with van der Waals surface area (Å²) in [5, 5.41) is 6.43. The highest BCUT2D eigenvalue weighted by molar-refractivity contribution is 7.89. The fraction of sp³-hybridized carbons (Fsp3) is 0.474. The Hall–Kier alpha value is -2.37. The minimum absolute atomic E-state index is 0.0669. The van der Waals surface area contributed by atoms with E-state index in [-0.39, 0.29) is 27.8 Å². The first-order chi connectivity index (χ1) is 14.2. The second-order valence-corrected chi connectivity index (χ2v) is 10.1. The Morgan fingerprint density at radius 2 is 1.83 bits per heavy atom. The lowest BCUT2D eigenvalue weighted by atomic mass is 9.94. The number of amides is 1. The average molecular weight is 453 g/mol. The number of piperidine rings is 1. The Labute approximate surface area is 179 Å². The summed E-state index contributed by atoms with van der Waals surface area (Å²) in [5.74, 6) is -0.575. The molecule has 0 radical (unpaired) electrons. The van der Waals surface area contributed by atoms with Crippen molar-refractivity contribution >= 4 is 38.4 Å². The summed E-state index contributed by atoms with van der Waals surface area (Å²) in [6, 6.07) is 5.73. The van der Waals surface area contributed by atoms with Crippen LogP contribution in [0.25, 0.3) is 0 Å². The molecule has 0 aliphatic carbocycles. The lowest BCUT2D eigenvalue weighted by molar-refractivity contribution is 0.0520. The molecule has 0 saturated carbocycles. The first kappa shape index (κ1) is 22.3. The number of esters is 1. The van der Waals surface area contributed by atoms with Crippen molar-refractivity contribution in [1.29, 1.82) is 0 Å². The zero-order valence-corrected chi connectivity index (χ0v) is 18.6. The largest absolute Gasteiger partial charge is 0.461 e. The topological polar surface area (TPSA) is 119 Å². The van der Waals surface area contributed by atoms with E-state index in [9.17, 15) is 18.0 Å². The quantitative estimate of drug-likeness (QED) is 0.669. The van der Waals surface area contributed by atoms with Gasteiger partial charge in [0.1, 0.15) is 0 Å². The van der Waals surface area contributed by atoms with Gasteiger partial charge in [-0.1, -0.05) is 18.3 Å². The molecule has 1 aliphatic heterocycles. The van der Waals surface area contributed by atoms with Crippen molar-refractivity contribution in [3.63, 3.8) is 0 Å². The predicted molar refractivity (Wildman–Crippen MR) is 112 cm³/mol. The molecule has 2 atom stereocenters. The van der Waals surface area contributed by atoms with Gasteiger partial charge in [-0.25, -0.2) is 13.2 Å². The normalized spacial score (nSPS) is 20.0. The summed E-state index contributed by atoms with van der Waals surface area (Å²) < 4.78 is 36.0. The summed E-state index contributed by atoms with van der Waals surface area (Å²) in [5.41, 5.74) is 0.181. The molecule has 1 fully saturated rings. The van der Waals surface area contributed by atoms with Gasteiger partial charge in [0, 0.05) is 30.2 Å². The first-order valence-electron chi connectivity index (χ1n) is 9.63. The van der Waals surface area contributed by atoms with Gasteiger partial charge in [-0.05, 0) is 49.4 Å². The van der Waals surface area contributed by atoms with Crippen molar-refractivity contribution in [3.05, 3.63) is 35.5 Å². The first-order valence-corrected chi connectivity index (χ1v) is 11.8.